The number of unbranched alkanes of at least 4 members (excludes halogenated alkanes) is 3. The molecule has 0 amide bonds. The summed E-state index contributed by atoms with van der Waals surface area (Å²) in [6, 6.07) is 5.28. The Hall–Kier alpha value is -0.700. The molecule has 0 aromatic carbocycles. The molecule has 0 aliphatic rings. The second-order valence-electron chi connectivity index (χ2n) is 3.37. The maximum Gasteiger partial charge on any atom is 0.250 e. The average molecular weight is 211 g/mol. The van der Waals surface area contributed by atoms with Gasteiger partial charge in [0.25, 0.3) is 0 Å². The largest absolute Gasteiger partial charge is 0.316 e. The van der Waals surface area contributed by atoms with Crippen LogP contribution in [0.2, 0.25) is 0 Å². The Kier molecular flexibility index (Phi) is 5.45. The molecule has 3 heteroatoms. The van der Waals surface area contributed by atoms with E-state index in [9.17, 15) is 4.79 Å². The van der Waals surface area contributed by atoms with Crippen molar-refractivity contribution < 1.29 is 0 Å². The molecule has 14 heavy (non-hydrogen) atoms. The van der Waals surface area contributed by atoms with Gasteiger partial charge in [-0.15, -0.1) is 0 Å². The van der Waals surface area contributed by atoms with E-state index in [1.807, 2.05) is 12.3 Å². The number of aromatic nitrogens is 1. The lowest BCUT2D eigenvalue weighted by molar-refractivity contribution is 0.572. The van der Waals surface area contributed by atoms with Gasteiger partial charge >= 0.3 is 0 Å². The Morgan fingerprint density at radius 3 is 2.64 bits per heavy atom. The molecule has 0 radical (unpaired) electrons. The molecule has 0 atom stereocenters. The Labute approximate surface area is 90.4 Å². The SMILES string of the molecule is O=c1ccccn1CCCCCCS. The summed E-state index contributed by atoms with van der Waals surface area (Å²) in [5.41, 5.74) is 0.0988. The fourth-order valence-electron chi connectivity index (χ4n) is 1.39. The van der Waals surface area contributed by atoms with Crippen LogP contribution in [0.1, 0.15) is 25.7 Å². The zero-order chi connectivity index (χ0) is 10.2. The quantitative estimate of drug-likeness (QED) is 0.566. The molecule has 0 spiro atoms. The Morgan fingerprint density at radius 1 is 1.14 bits per heavy atom. The van der Waals surface area contributed by atoms with Crippen molar-refractivity contribution in [3.63, 3.8) is 0 Å². The molecule has 0 fully saturated rings. The number of nitrogens with zero attached hydrogens (tertiary/aromatic N) is 1. The molecular formula is C11H17NOS. The highest BCUT2D eigenvalue weighted by Gasteiger charge is 1.93. The zero-order valence-corrected chi connectivity index (χ0v) is 9.25. The van der Waals surface area contributed by atoms with E-state index < -0.39 is 0 Å². The molecular weight excluding hydrogens is 194 g/mol. The highest BCUT2D eigenvalue weighted by molar-refractivity contribution is 7.80. The predicted molar refractivity (Wildman–Crippen MR) is 63.0 cm³/mol. The summed E-state index contributed by atoms with van der Waals surface area (Å²) in [6.07, 6.45) is 6.50. The maximum absolute atomic E-state index is 11.3. The van der Waals surface area contributed by atoms with E-state index in [0.717, 1.165) is 18.7 Å². The third-order valence-electron chi connectivity index (χ3n) is 2.21. The van der Waals surface area contributed by atoms with Gasteiger partial charge in [0.05, 0.1) is 0 Å². The second-order valence-corrected chi connectivity index (χ2v) is 3.82. The van der Waals surface area contributed by atoms with Crippen molar-refractivity contribution >= 4 is 12.6 Å². The lowest BCUT2D eigenvalue weighted by Crippen LogP contribution is -2.17. The molecule has 1 aromatic heterocycles. The van der Waals surface area contributed by atoms with Gasteiger partial charge in [-0.3, -0.25) is 4.79 Å². The number of thiol groups is 1. The highest BCUT2D eigenvalue weighted by atomic mass is 32.1. The maximum atomic E-state index is 11.3. The monoisotopic (exact) mass is 211 g/mol. The third kappa shape index (κ3) is 4.01. The summed E-state index contributed by atoms with van der Waals surface area (Å²) in [7, 11) is 0. The topological polar surface area (TPSA) is 22.0 Å². The number of rotatable bonds is 6. The van der Waals surface area contributed by atoms with Crippen LogP contribution in [0.15, 0.2) is 29.2 Å². The van der Waals surface area contributed by atoms with Crippen molar-refractivity contribution in [3.8, 4) is 0 Å². The summed E-state index contributed by atoms with van der Waals surface area (Å²) >= 11 is 4.15. The van der Waals surface area contributed by atoms with Crippen LogP contribution in [0.5, 0.6) is 0 Å². The van der Waals surface area contributed by atoms with Crippen molar-refractivity contribution in [2.45, 2.75) is 32.2 Å². The summed E-state index contributed by atoms with van der Waals surface area (Å²) in [4.78, 5) is 11.3. The Bertz CT molecular complexity index is 308. The van der Waals surface area contributed by atoms with Gasteiger partial charge < -0.3 is 4.57 Å². The van der Waals surface area contributed by atoms with Gasteiger partial charge in [0, 0.05) is 18.8 Å². The van der Waals surface area contributed by atoms with Gasteiger partial charge in [0.2, 0.25) is 5.56 Å². The molecule has 1 aromatic rings. The Balaban J connectivity index is 2.25. The number of aryl methyl sites for hydroxylation is 1. The minimum Gasteiger partial charge on any atom is -0.316 e. The van der Waals surface area contributed by atoms with Crippen molar-refractivity contribution in [2.75, 3.05) is 5.75 Å². The fourth-order valence-corrected chi connectivity index (χ4v) is 1.62. The molecule has 1 rings (SSSR count). The first-order valence-corrected chi connectivity index (χ1v) is 5.74. The average Bonchev–Trinajstić information content (AvgIpc) is 2.20. The Morgan fingerprint density at radius 2 is 1.93 bits per heavy atom. The molecule has 0 bridgehead atoms. The first-order valence-electron chi connectivity index (χ1n) is 5.11. The highest BCUT2D eigenvalue weighted by Crippen LogP contribution is 2.01. The molecule has 0 N–H and O–H groups in total. The smallest absolute Gasteiger partial charge is 0.250 e. The minimum atomic E-state index is 0.0988. The number of hydrogen-bond donors (Lipinski definition) is 1. The van der Waals surface area contributed by atoms with Crippen LogP contribution in [0.3, 0.4) is 0 Å². The van der Waals surface area contributed by atoms with Gasteiger partial charge in [-0.2, -0.15) is 12.6 Å². The molecule has 78 valence electrons. The van der Waals surface area contributed by atoms with Crippen LogP contribution in [-0.4, -0.2) is 10.3 Å². The standard InChI is InChI=1S/C11H17NOS/c13-11-7-3-5-9-12(11)8-4-1-2-6-10-14/h3,5,7,9,14H,1-2,4,6,8,10H2. The summed E-state index contributed by atoms with van der Waals surface area (Å²) < 4.78 is 1.76. The number of hydrogen-bond acceptors (Lipinski definition) is 2. The lowest BCUT2D eigenvalue weighted by atomic mass is 10.2. The van der Waals surface area contributed by atoms with Crippen LogP contribution in [0.25, 0.3) is 0 Å². The van der Waals surface area contributed by atoms with Gasteiger partial charge in [0.1, 0.15) is 0 Å². The van der Waals surface area contributed by atoms with E-state index in [0.29, 0.717) is 0 Å². The third-order valence-corrected chi connectivity index (χ3v) is 2.52. The van der Waals surface area contributed by atoms with Gasteiger partial charge in [-0.05, 0) is 24.7 Å². The predicted octanol–water partition coefficient (Wildman–Crippen LogP) is 2.34. The first-order chi connectivity index (χ1) is 6.84. The first kappa shape index (κ1) is 11.4. The van der Waals surface area contributed by atoms with E-state index in [1.54, 1.807) is 16.7 Å². The molecule has 1 heterocycles. The van der Waals surface area contributed by atoms with E-state index in [2.05, 4.69) is 12.6 Å². The minimum absolute atomic E-state index is 0.0988. The molecule has 0 saturated heterocycles. The summed E-state index contributed by atoms with van der Waals surface area (Å²) in [5.74, 6) is 0.964. The van der Waals surface area contributed by atoms with E-state index >= 15 is 0 Å². The molecule has 0 unspecified atom stereocenters. The molecule has 0 aliphatic carbocycles. The fraction of sp³-hybridized carbons (Fsp3) is 0.545. The molecule has 0 aliphatic heterocycles. The van der Waals surface area contributed by atoms with Crippen LogP contribution < -0.4 is 5.56 Å². The van der Waals surface area contributed by atoms with Gasteiger partial charge in [0.15, 0.2) is 0 Å². The van der Waals surface area contributed by atoms with Gasteiger partial charge in [-0.25, -0.2) is 0 Å². The van der Waals surface area contributed by atoms with Crippen LogP contribution >= 0.6 is 12.6 Å². The summed E-state index contributed by atoms with van der Waals surface area (Å²) in [5, 5.41) is 0. The number of pyridine rings is 1. The van der Waals surface area contributed by atoms with Crippen molar-refractivity contribution in [1.82, 2.24) is 4.57 Å². The van der Waals surface area contributed by atoms with Crippen LogP contribution in [-0.2, 0) is 6.54 Å². The molecule has 2 nitrogen and oxygen atoms in total. The van der Waals surface area contributed by atoms with Gasteiger partial charge in [-0.1, -0.05) is 18.9 Å². The van der Waals surface area contributed by atoms with Crippen molar-refractivity contribution in [3.05, 3.63) is 34.7 Å². The lowest BCUT2D eigenvalue weighted by Gasteiger charge is -2.03. The normalized spacial score (nSPS) is 10.4. The second kappa shape index (κ2) is 6.71. The van der Waals surface area contributed by atoms with Crippen molar-refractivity contribution in [1.29, 1.82) is 0 Å². The van der Waals surface area contributed by atoms with Crippen LogP contribution in [0.4, 0.5) is 0 Å². The van der Waals surface area contributed by atoms with Crippen molar-refractivity contribution in [2.24, 2.45) is 0 Å². The van der Waals surface area contributed by atoms with E-state index in [4.69, 9.17) is 0 Å². The molecule has 0 saturated carbocycles. The van der Waals surface area contributed by atoms with E-state index in [1.165, 1.54) is 19.3 Å². The zero-order valence-electron chi connectivity index (χ0n) is 8.35. The summed E-state index contributed by atoms with van der Waals surface area (Å²) in [6.45, 7) is 0.840. The van der Waals surface area contributed by atoms with Crippen LogP contribution in [0, 0.1) is 0 Å². The van der Waals surface area contributed by atoms with E-state index in [-0.39, 0.29) is 5.56 Å².